The highest BCUT2D eigenvalue weighted by molar-refractivity contribution is 9.10. The van der Waals surface area contributed by atoms with Crippen molar-refractivity contribution < 1.29 is 0 Å². The van der Waals surface area contributed by atoms with Crippen molar-refractivity contribution in [1.29, 1.82) is 0 Å². The minimum absolute atomic E-state index is 0.367. The number of benzene rings is 1. The molecule has 21 heavy (non-hydrogen) atoms. The van der Waals surface area contributed by atoms with Crippen molar-refractivity contribution in [2.45, 2.75) is 51.1 Å². The van der Waals surface area contributed by atoms with Gasteiger partial charge in [-0.1, -0.05) is 35.0 Å². The summed E-state index contributed by atoms with van der Waals surface area (Å²) in [5.41, 5.74) is 1.46. The second-order valence-electron chi connectivity index (χ2n) is 5.82. The topological polar surface area (TPSA) is 24.9 Å². The third-order valence-electron chi connectivity index (χ3n) is 4.26. The fourth-order valence-electron chi connectivity index (χ4n) is 2.87. The molecule has 0 radical (unpaired) electrons. The highest BCUT2D eigenvalue weighted by atomic mass is 79.9. The Balaban J connectivity index is 1.51. The quantitative estimate of drug-likeness (QED) is 0.801. The van der Waals surface area contributed by atoms with Gasteiger partial charge in [-0.3, -0.25) is 0 Å². The van der Waals surface area contributed by atoms with E-state index in [1.165, 1.54) is 28.3 Å². The number of aromatic nitrogens is 1. The molecule has 0 amide bonds. The number of halogens is 1. The Kier molecular flexibility index (Phi) is 4.77. The number of nitrogens with zero attached hydrogens (tertiary/aromatic N) is 1. The molecule has 0 saturated heterocycles. The molecule has 1 N–H and O–H groups in total. The predicted octanol–water partition coefficient (Wildman–Crippen LogP) is 5.06. The van der Waals surface area contributed by atoms with Gasteiger partial charge < -0.3 is 5.32 Å². The van der Waals surface area contributed by atoms with Crippen LogP contribution in [0.4, 0.5) is 0 Å². The van der Waals surface area contributed by atoms with Gasteiger partial charge in [-0.15, -0.1) is 11.3 Å². The molecule has 1 unspecified atom stereocenters. The van der Waals surface area contributed by atoms with E-state index >= 15 is 0 Å². The van der Waals surface area contributed by atoms with Crippen molar-refractivity contribution in [1.82, 2.24) is 10.3 Å². The summed E-state index contributed by atoms with van der Waals surface area (Å²) in [4.78, 5) is 5.91. The Morgan fingerprint density at radius 2 is 2.05 bits per heavy atom. The summed E-state index contributed by atoms with van der Waals surface area (Å²) >= 11 is 5.33. The maximum atomic E-state index is 4.54. The van der Waals surface area contributed by atoms with Gasteiger partial charge in [0.05, 0.1) is 6.04 Å². The second-order valence-corrected chi connectivity index (χ2v) is 7.89. The molecular formula is C17H21BrN2S. The molecule has 1 aliphatic carbocycles. The van der Waals surface area contributed by atoms with Crippen LogP contribution in [0.3, 0.4) is 0 Å². The smallest absolute Gasteiger partial charge is 0.109 e. The molecule has 1 heterocycles. The van der Waals surface area contributed by atoms with Crippen LogP contribution >= 0.6 is 27.3 Å². The number of aryl methyl sites for hydroxylation is 1. The van der Waals surface area contributed by atoms with Crippen molar-refractivity contribution in [2.24, 2.45) is 0 Å². The van der Waals surface area contributed by atoms with Crippen LogP contribution < -0.4 is 5.32 Å². The highest BCUT2D eigenvalue weighted by Gasteiger charge is 2.31. The molecule has 1 aromatic heterocycles. The molecule has 2 aromatic rings. The van der Waals surface area contributed by atoms with Crippen molar-refractivity contribution in [3.63, 3.8) is 0 Å². The van der Waals surface area contributed by atoms with E-state index in [2.05, 4.69) is 64.3 Å². The summed E-state index contributed by atoms with van der Waals surface area (Å²) < 4.78 is 1.16. The van der Waals surface area contributed by atoms with E-state index in [9.17, 15) is 0 Å². The Bertz CT molecular complexity index is 587. The standard InChI is InChI=1S/C17H21BrN2S/c1-3-16-10-19-17(21-16)11(2)20-15-8-13(9-15)12-4-6-14(18)7-5-12/h4-7,10-11,13,15,20H,3,8-9H2,1-2H3. The van der Waals surface area contributed by atoms with Gasteiger partial charge in [-0.25, -0.2) is 4.98 Å². The number of rotatable bonds is 5. The minimum Gasteiger partial charge on any atom is -0.305 e. The monoisotopic (exact) mass is 364 g/mol. The first-order valence-electron chi connectivity index (χ1n) is 7.61. The summed E-state index contributed by atoms with van der Waals surface area (Å²) in [7, 11) is 0. The number of hydrogen-bond acceptors (Lipinski definition) is 3. The van der Waals surface area contributed by atoms with Gasteiger partial charge in [-0.05, 0) is 49.8 Å². The molecule has 3 rings (SSSR count). The fraction of sp³-hybridized carbons (Fsp3) is 0.471. The second kappa shape index (κ2) is 6.59. The lowest BCUT2D eigenvalue weighted by molar-refractivity contribution is 0.270. The van der Waals surface area contributed by atoms with E-state index in [1.807, 2.05) is 17.5 Å². The Labute approximate surface area is 139 Å². The molecule has 0 spiro atoms. The molecule has 0 bridgehead atoms. The molecule has 1 fully saturated rings. The summed E-state index contributed by atoms with van der Waals surface area (Å²) in [5.74, 6) is 0.713. The Morgan fingerprint density at radius 3 is 2.67 bits per heavy atom. The van der Waals surface area contributed by atoms with Gasteiger partial charge in [0.25, 0.3) is 0 Å². The Hall–Kier alpha value is -0.710. The average molecular weight is 365 g/mol. The van der Waals surface area contributed by atoms with Crippen LogP contribution in [0.15, 0.2) is 34.9 Å². The summed E-state index contributed by atoms with van der Waals surface area (Å²) in [6.07, 6.45) is 5.57. The van der Waals surface area contributed by atoms with E-state index < -0.39 is 0 Å². The van der Waals surface area contributed by atoms with E-state index in [0.717, 1.165) is 10.9 Å². The zero-order chi connectivity index (χ0) is 14.8. The molecule has 1 aliphatic rings. The number of thiazole rings is 1. The zero-order valence-electron chi connectivity index (χ0n) is 12.5. The first-order chi connectivity index (χ1) is 10.2. The number of hydrogen-bond donors (Lipinski definition) is 1. The first-order valence-corrected chi connectivity index (χ1v) is 9.22. The van der Waals surface area contributed by atoms with Gasteiger partial charge in [0.1, 0.15) is 5.01 Å². The van der Waals surface area contributed by atoms with Gasteiger partial charge in [-0.2, -0.15) is 0 Å². The molecule has 2 nitrogen and oxygen atoms in total. The van der Waals surface area contributed by atoms with Gasteiger partial charge in [0, 0.05) is 21.6 Å². The fourth-order valence-corrected chi connectivity index (χ4v) is 4.01. The maximum absolute atomic E-state index is 4.54. The minimum atomic E-state index is 0.367. The van der Waals surface area contributed by atoms with Crippen LogP contribution in [-0.2, 0) is 6.42 Å². The van der Waals surface area contributed by atoms with E-state index in [0.29, 0.717) is 18.0 Å². The van der Waals surface area contributed by atoms with Crippen LogP contribution in [0.2, 0.25) is 0 Å². The largest absolute Gasteiger partial charge is 0.305 e. The third kappa shape index (κ3) is 3.55. The lowest BCUT2D eigenvalue weighted by Gasteiger charge is -2.37. The van der Waals surface area contributed by atoms with Crippen molar-refractivity contribution >= 4 is 27.3 Å². The Morgan fingerprint density at radius 1 is 1.33 bits per heavy atom. The van der Waals surface area contributed by atoms with E-state index in [-0.39, 0.29) is 0 Å². The summed E-state index contributed by atoms with van der Waals surface area (Å²) in [6.45, 7) is 4.41. The lowest BCUT2D eigenvalue weighted by atomic mass is 9.75. The molecule has 0 aliphatic heterocycles. The van der Waals surface area contributed by atoms with Crippen LogP contribution in [0.1, 0.15) is 54.1 Å². The van der Waals surface area contributed by atoms with Crippen molar-refractivity contribution in [2.75, 3.05) is 0 Å². The molecule has 112 valence electrons. The molecular weight excluding hydrogens is 344 g/mol. The molecule has 1 aromatic carbocycles. The predicted molar refractivity (Wildman–Crippen MR) is 92.9 cm³/mol. The lowest BCUT2D eigenvalue weighted by Crippen LogP contribution is -2.41. The number of nitrogens with one attached hydrogen (secondary N) is 1. The van der Waals surface area contributed by atoms with E-state index in [1.54, 1.807) is 0 Å². The van der Waals surface area contributed by atoms with Crippen LogP contribution in [0.5, 0.6) is 0 Å². The highest BCUT2D eigenvalue weighted by Crippen LogP contribution is 2.38. The van der Waals surface area contributed by atoms with Gasteiger partial charge in [0.15, 0.2) is 0 Å². The molecule has 1 saturated carbocycles. The van der Waals surface area contributed by atoms with E-state index in [4.69, 9.17) is 0 Å². The summed E-state index contributed by atoms with van der Waals surface area (Å²) in [5, 5.41) is 4.94. The zero-order valence-corrected chi connectivity index (χ0v) is 14.9. The molecule has 1 atom stereocenters. The van der Waals surface area contributed by atoms with Crippen molar-refractivity contribution in [3.8, 4) is 0 Å². The van der Waals surface area contributed by atoms with Gasteiger partial charge in [0.2, 0.25) is 0 Å². The summed E-state index contributed by atoms with van der Waals surface area (Å²) in [6, 6.07) is 9.75. The SMILES string of the molecule is CCc1cnc(C(C)NC2CC(c3ccc(Br)cc3)C2)s1. The molecule has 4 heteroatoms. The van der Waals surface area contributed by atoms with Crippen LogP contribution in [0.25, 0.3) is 0 Å². The third-order valence-corrected chi connectivity index (χ3v) is 6.11. The normalized spacial score (nSPS) is 22.8. The maximum Gasteiger partial charge on any atom is 0.109 e. The van der Waals surface area contributed by atoms with Crippen LogP contribution in [0, 0.1) is 0 Å². The van der Waals surface area contributed by atoms with Crippen LogP contribution in [-0.4, -0.2) is 11.0 Å². The average Bonchev–Trinajstić information content (AvgIpc) is 2.92. The van der Waals surface area contributed by atoms with Crippen molar-refractivity contribution in [3.05, 3.63) is 50.4 Å². The first kappa shape index (κ1) is 15.2. The van der Waals surface area contributed by atoms with Gasteiger partial charge >= 0.3 is 0 Å².